The molecule has 0 saturated heterocycles. The lowest BCUT2D eigenvalue weighted by molar-refractivity contribution is -0.114. The quantitative estimate of drug-likeness (QED) is 0.429. The van der Waals surface area contributed by atoms with Crippen molar-refractivity contribution in [1.29, 1.82) is 0 Å². The van der Waals surface area contributed by atoms with Gasteiger partial charge in [-0.1, -0.05) is 35.5 Å². The van der Waals surface area contributed by atoms with Gasteiger partial charge in [-0.2, -0.15) is 0 Å². The van der Waals surface area contributed by atoms with Crippen LogP contribution in [0.1, 0.15) is 16.7 Å². The highest BCUT2D eigenvalue weighted by molar-refractivity contribution is 6.45. The van der Waals surface area contributed by atoms with Crippen LogP contribution in [0.25, 0.3) is 0 Å². The summed E-state index contributed by atoms with van der Waals surface area (Å²) in [6.45, 7) is 2.71. The summed E-state index contributed by atoms with van der Waals surface area (Å²) in [5.41, 5.74) is 4.15. The molecule has 0 fully saturated rings. The number of aryl methyl sites for hydroxylation is 1. The summed E-state index contributed by atoms with van der Waals surface area (Å²) in [6, 6.07) is 23.3. The topological polar surface area (TPSA) is 72.0 Å². The molecule has 3 aromatic carbocycles. The minimum atomic E-state index is -0.321. The number of nitrogens with one attached hydrogen (secondary N) is 2. The second-order valence-electron chi connectivity index (χ2n) is 6.66. The maximum absolute atomic E-state index is 12.0. The summed E-state index contributed by atoms with van der Waals surface area (Å²) < 4.78 is 6.09. The first-order valence-corrected chi connectivity index (χ1v) is 9.60. The lowest BCUT2D eigenvalue weighted by atomic mass is 10.1. The number of carbonyl (C=O) groups excluding carboxylic acids is 1. The molecule has 0 unspecified atom stereocenters. The normalized spacial score (nSPS) is 11.0. The second kappa shape index (κ2) is 10.1. The van der Waals surface area contributed by atoms with Gasteiger partial charge in [0.2, 0.25) is 0 Å². The van der Waals surface area contributed by atoms with Gasteiger partial charge in [0.15, 0.2) is 5.71 Å². The van der Waals surface area contributed by atoms with E-state index < -0.39 is 0 Å². The Morgan fingerprint density at radius 1 is 1.00 bits per heavy atom. The molecule has 0 aliphatic heterocycles. The number of rotatable bonds is 8. The Hall–Kier alpha value is -3.80. The van der Waals surface area contributed by atoms with Crippen molar-refractivity contribution in [1.82, 2.24) is 5.32 Å². The van der Waals surface area contributed by atoms with Crippen LogP contribution in [0.4, 0.5) is 5.69 Å². The van der Waals surface area contributed by atoms with Crippen LogP contribution in [0.2, 0.25) is 0 Å². The molecule has 3 rings (SSSR count). The molecule has 154 valence electrons. The molecule has 0 bridgehead atoms. The third-order valence-electron chi connectivity index (χ3n) is 4.45. The Kier molecular flexibility index (Phi) is 7.05. The van der Waals surface area contributed by atoms with E-state index in [1.807, 2.05) is 36.4 Å². The van der Waals surface area contributed by atoms with Crippen molar-refractivity contribution in [3.05, 3.63) is 89.5 Å². The first-order chi connectivity index (χ1) is 14.6. The van der Waals surface area contributed by atoms with Gasteiger partial charge in [-0.15, -0.1) is 0 Å². The Bertz CT molecular complexity index is 1030. The molecule has 6 nitrogen and oxygen atoms in total. The van der Waals surface area contributed by atoms with Crippen LogP contribution in [-0.4, -0.2) is 25.8 Å². The number of nitrogens with zero attached hydrogens (tertiary/aromatic N) is 1. The van der Waals surface area contributed by atoms with Gasteiger partial charge in [0.25, 0.3) is 5.91 Å². The van der Waals surface area contributed by atoms with Gasteiger partial charge in [0.05, 0.1) is 0 Å². The highest BCUT2D eigenvalue weighted by Crippen LogP contribution is 2.26. The van der Waals surface area contributed by atoms with E-state index in [0.29, 0.717) is 17.9 Å². The molecule has 0 spiro atoms. The van der Waals surface area contributed by atoms with Crippen LogP contribution in [0.15, 0.2) is 78.0 Å². The zero-order valence-electron chi connectivity index (χ0n) is 17.3. The smallest absolute Gasteiger partial charge is 0.273 e. The fourth-order valence-electron chi connectivity index (χ4n) is 2.94. The summed E-state index contributed by atoms with van der Waals surface area (Å²) in [6.07, 6.45) is 0. The SMILES string of the molecule is CNC(=O)/C(=N/OC)c1ccc(Oc2ccccc2CNc2cccc(C)c2)cc1. The Morgan fingerprint density at radius 3 is 2.47 bits per heavy atom. The van der Waals surface area contributed by atoms with Crippen molar-refractivity contribution in [3.8, 4) is 11.5 Å². The third kappa shape index (κ3) is 5.38. The number of hydrogen-bond acceptors (Lipinski definition) is 5. The van der Waals surface area contributed by atoms with Gasteiger partial charge >= 0.3 is 0 Å². The van der Waals surface area contributed by atoms with Crippen molar-refractivity contribution >= 4 is 17.3 Å². The number of likely N-dealkylation sites (N-methyl/N-ethyl adjacent to an activating group) is 1. The summed E-state index contributed by atoms with van der Waals surface area (Å²) in [5.74, 6) is 1.11. The largest absolute Gasteiger partial charge is 0.457 e. The predicted octanol–water partition coefficient (Wildman–Crippen LogP) is 4.50. The first kappa shape index (κ1) is 20.9. The highest BCUT2D eigenvalue weighted by Gasteiger charge is 2.14. The van der Waals surface area contributed by atoms with E-state index in [1.165, 1.54) is 12.7 Å². The minimum Gasteiger partial charge on any atom is -0.457 e. The van der Waals surface area contributed by atoms with Gasteiger partial charge in [-0.3, -0.25) is 4.79 Å². The van der Waals surface area contributed by atoms with E-state index in [0.717, 1.165) is 17.0 Å². The van der Waals surface area contributed by atoms with E-state index in [1.54, 1.807) is 31.3 Å². The molecule has 30 heavy (non-hydrogen) atoms. The van der Waals surface area contributed by atoms with Crippen LogP contribution in [0.3, 0.4) is 0 Å². The minimum absolute atomic E-state index is 0.203. The zero-order chi connectivity index (χ0) is 21.3. The van der Waals surface area contributed by atoms with Crippen molar-refractivity contribution < 1.29 is 14.4 Å². The number of amides is 1. The van der Waals surface area contributed by atoms with Crippen molar-refractivity contribution in [2.45, 2.75) is 13.5 Å². The molecule has 0 atom stereocenters. The number of carbonyl (C=O) groups is 1. The Balaban J connectivity index is 1.73. The number of hydrogen-bond donors (Lipinski definition) is 2. The number of benzene rings is 3. The molecule has 0 aliphatic rings. The molecule has 0 aromatic heterocycles. The van der Waals surface area contributed by atoms with Crippen LogP contribution >= 0.6 is 0 Å². The van der Waals surface area contributed by atoms with E-state index in [9.17, 15) is 4.79 Å². The summed E-state index contributed by atoms with van der Waals surface area (Å²) in [7, 11) is 2.95. The average Bonchev–Trinajstić information content (AvgIpc) is 2.77. The van der Waals surface area contributed by atoms with Gasteiger partial charge < -0.3 is 20.2 Å². The molecule has 1 amide bonds. The average molecular weight is 403 g/mol. The molecular formula is C24H25N3O3. The molecular weight excluding hydrogens is 378 g/mol. The van der Waals surface area contributed by atoms with E-state index in [-0.39, 0.29) is 11.6 Å². The second-order valence-corrected chi connectivity index (χ2v) is 6.66. The molecule has 0 heterocycles. The van der Waals surface area contributed by atoms with Crippen LogP contribution in [0, 0.1) is 6.92 Å². The standard InChI is InChI=1S/C24H25N3O3/c1-17-7-6-9-20(15-17)26-16-19-8-4-5-10-22(19)30-21-13-11-18(12-14-21)23(27-29-3)24(28)25-2/h4-15,26H,16H2,1-3H3,(H,25,28)/b27-23+. The molecule has 3 aromatic rings. The van der Waals surface area contributed by atoms with Crippen molar-refractivity contribution in [2.75, 3.05) is 19.5 Å². The maximum Gasteiger partial charge on any atom is 0.273 e. The maximum atomic E-state index is 12.0. The highest BCUT2D eigenvalue weighted by atomic mass is 16.6. The molecule has 6 heteroatoms. The molecule has 0 radical (unpaired) electrons. The van der Waals surface area contributed by atoms with Crippen molar-refractivity contribution in [3.63, 3.8) is 0 Å². The third-order valence-corrected chi connectivity index (χ3v) is 4.45. The van der Waals surface area contributed by atoms with Gasteiger partial charge in [0.1, 0.15) is 18.6 Å². The fourth-order valence-corrected chi connectivity index (χ4v) is 2.94. The Morgan fingerprint density at radius 2 is 1.77 bits per heavy atom. The summed E-state index contributed by atoms with van der Waals surface area (Å²) in [5, 5.41) is 9.79. The molecule has 0 saturated carbocycles. The number of anilines is 1. The Labute approximate surface area is 176 Å². The number of ether oxygens (including phenoxy) is 1. The summed E-state index contributed by atoms with van der Waals surface area (Å²) in [4.78, 5) is 16.8. The van der Waals surface area contributed by atoms with Crippen LogP contribution in [0.5, 0.6) is 11.5 Å². The van der Waals surface area contributed by atoms with E-state index >= 15 is 0 Å². The van der Waals surface area contributed by atoms with E-state index in [2.05, 4.69) is 34.8 Å². The predicted molar refractivity (Wildman–Crippen MR) is 119 cm³/mol. The summed E-state index contributed by atoms with van der Waals surface area (Å²) >= 11 is 0. The van der Waals surface area contributed by atoms with Crippen LogP contribution in [-0.2, 0) is 16.2 Å². The molecule has 0 aliphatic carbocycles. The number of para-hydroxylation sites is 1. The lowest BCUT2D eigenvalue weighted by Crippen LogP contribution is -2.28. The van der Waals surface area contributed by atoms with Gasteiger partial charge in [0, 0.05) is 30.4 Å². The first-order valence-electron chi connectivity index (χ1n) is 9.60. The van der Waals surface area contributed by atoms with Crippen LogP contribution < -0.4 is 15.4 Å². The fraction of sp³-hybridized carbons (Fsp3) is 0.167. The van der Waals surface area contributed by atoms with Gasteiger partial charge in [-0.25, -0.2) is 0 Å². The molecule has 2 N–H and O–H groups in total. The zero-order valence-corrected chi connectivity index (χ0v) is 17.3. The monoisotopic (exact) mass is 403 g/mol. The number of oxime groups is 1. The van der Waals surface area contributed by atoms with Crippen molar-refractivity contribution in [2.24, 2.45) is 5.16 Å². The lowest BCUT2D eigenvalue weighted by Gasteiger charge is -2.13. The van der Waals surface area contributed by atoms with Gasteiger partial charge in [-0.05, 0) is 55.0 Å². The van der Waals surface area contributed by atoms with E-state index in [4.69, 9.17) is 9.57 Å².